The van der Waals surface area contributed by atoms with E-state index in [1.165, 1.54) is 30.3 Å². The lowest BCUT2D eigenvalue weighted by atomic mass is 10.1. The van der Waals surface area contributed by atoms with Crippen molar-refractivity contribution in [3.8, 4) is 5.75 Å². The van der Waals surface area contributed by atoms with Crippen molar-refractivity contribution in [1.82, 2.24) is 0 Å². The Bertz CT molecular complexity index is 837. The summed E-state index contributed by atoms with van der Waals surface area (Å²) in [6, 6.07) is 11.3. The first-order valence-corrected chi connectivity index (χ1v) is 8.54. The summed E-state index contributed by atoms with van der Waals surface area (Å²) in [6.07, 6.45) is 1.13. The molecule has 8 heteroatoms. The number of benzene rings is 2. The molecule has 148 valence electrons. The molecule has 0 spiro atoms. The number of rotatable bonds is 9. The molecule has 0 aromatic heterocycles. The number of hydrogen-bond donors (Lipinski definition) is 1. The first-order valence-electron chi connectivity index (χ1n) is 8.54. The maximum atomic E-state index is 12.2. The van der Waals surface area contributed by atoms with Crippen molar-refractivity contribution in [3.05, 3.63) is 59.7 Å². The van der Waals surface area contributed by atoms with Gasteiger partial charge in [-0.05, 0) is 48.9 Å². The van der Waals surface area contributed by atoms with Gasteiger partial charge in [0, 0.05) is 17.7 Å². The quantitative estimate of drug-likeness (QED) is 0.515. The average molecular weight is 391 g/mol. The van der Waals surface area contributed by atoms with Crippen LogP contribution < -0.4 is 10.1 Å². The van der Waals surface area contributed by atoms with Gasteiger partial charge in [-0.3, -0.25) is 9.59 Å². The maximum absolute atomic E-state index is 12.2. The van der Waals surface area contributed by atoms with Gasteiger partial charge >= 0.3 is 12.6 Å². The molecule has 0 aliphatic heterocycles. The highest BCUT2D eigenvalue weighted by Gasteiger charge is 2.14. The lowest BCUT2D eigenvalue weighted by Gasteiger charge is -2.08. The summed E-state index contributed by atoms with van der Waals surface area (Å²) < 4.78 is 33.6. The van der Waals surface area contributed by atoms with Crippen LogP contribution in [0.25, 0.3) is 0 Å². The van der Waals surface area contributed by atoms with Gasteiger partial charge in [0.15, 0.2) is 12.4 Å². The van der Waals surface area contributed by atoms with E-state index in [0.29, 0.717) is 17.7 Å². The summed E-state index contributed by atoms with van der Waals surface area (Å²) in [4.78, 5) is 35.7. The standard InChI is InChI=1S/C20H19F2NO5/c1-2-4-18(25)23-15-9-7-13(8-10-15)17(24)12-27-19(26)14-5-3-6-16(11-14)28-20(21)22/h3,5-11,20H,2,4,12H2,1H3,(H,23,25). The minimum absolute atomic E-state index is 0.0139. The minimum atomic E-state index is -3.01. The highest BCUT2D eigenvalue weighted by atomic mass is 19.3. The maximum Gasteiger partial charge on any atom is 0.387 e. The topological polar surface area (TPSA) is 81.7 Å². The van der Waals surface area contributed by atoms with E-state index >= 15 is 0 Å². The molecule has 0 aliphatic carbocycles. The van der Waals surface area contributed by atoms with E-state index in [1.807, 2.05) is 6.92 Å². The van der Waals surface area contributed by atoms with Crippen molar-refractivity contribution < 1.29 is 32.6 Å². The van der Waals surface area contributed by atoms with E-state index in [0.717, 1.165) is 12.5 Å². The van der Waals surface area contributed by atoms with Gasteiger partial charge in [0.1, 0.15) is 5.75 Å². The number of nitrogens with one attached hydrogen (secondary N) is 1. The van der Waals surface area contributed by atoms with Crippen molar-refractivity contribution in [2.24, 2.45) is 0 Å². The zero-order chi connectivity index (χ0) is 20.5. The summed E-state index contributed by atoms with van der Waals surface area (Å²) in [7, 11) is 0. The molecule has 0 saturated carbocycles. The van der Waals surface area contributed by atoms with Crippen LogP contribution >= 0.6 is 0 Å². The number of hydrogen-bond acceptors (Lipinski definition) is 5. The van der Waals surface area contributed by atoms with Crippen molar-refractivity contribution in [2.75, 3.05) is 11.9 Å². The average Bonchev–Trinajstić information content (AvgIpc) is 2.66. The van der Waals surface area contributed by atoms with E-state index in [9.17, 15) is 23.2 Å². The van der Waals surface area contributed by atoms with Crippen molar-refractivity contribution >= 4 is 23.3 Å². The molecule has 0 aliphatic rings. The lowest BCUT2D eigenvalue weighted by molar-refractivity contribution is -0.116. The van der Waals surface area contributed by atoms with Crippen LogP contribution in [0.3, 0.4) is 0 Å². The lowest BCUT2D eigenvalue weighted by Crippen LogP contribution is -2.15. The van der Waals surface area contributed by atoms with Gasteiger partial charge < -0.3 is 14.8 Å². The molecule has 0 fully saturated rings. The van der Waals surface area contributed by atoms with Gasteiger partial charge in [0.2, 0.25) is 5.91 Å². The molecule has 0 atom stereocenters. The first kappa shape index (κ1) is 21.0. The molecule has 2 aromatic rings. The molecular weight excluding hydrogens is 372 g/mol. The molecule has 2 aromatic carbocycles. The van der Waals surface area contributed by atoms with E-state index in [1.54, 1.807) is 12.1 Å². The number of esters is 1. The Morgan fingerprint density at radius 1 is 1.04 bits per heavy atom. The number of Topliss-reactive ketones (excluding diaryl/α,β-unsaturated/α-hetero) is 1. The van der Waals surface area contributed by atoms with E-state index in [4.69, 9.17) is 4.74 Å². The molecule has 28 heavy (non-hydrogen) atoms. The zero-order valence-electron chi connectivity index (χ0n) is 15.1. The second-order valence-corrected chi connectivity index (χ2v) is 5.78. The van der Waals surface area contributed by atoms with Crippen LogP contribution in [0.5, 0.6) is 5.75 Å². The third kappa shape index (κ3) is 6.46. The largest absolute Gasteiger partial charge is 0.454 e. The molecule has 2 rings (SSSR count). The third-order valence-electron chi connectivity index (χ3n) is 3.60. The van der Waals surface area contributed by atoms with Crippen LogP contribution in [0.1, 0.15) is 40.5 Å². The molecule has 6 nitrogen and oxygen atoms in total. The summed E-state index contributed by atoms with van der Waals surface area (Å²) in [6.45, 7) is -1.63. The molecule has 0 heterocycles. The second-order valence-electron chi connectivity index (χ2n) is 5.78. The van der Waals surface area contributed by atoms with Gasteiger partial charge in [-0.25, -0.2) is 4.79 Å². The summed E-state index contributed by atoms with van der Waals surface area (Å²) in [5.74, 6) is -1.58. The van der Waals surface area contributed by atoms with Crippen molar-refractivity contribution in [3.63, 3.8) is 0 Å². The Kier molecular flexibility index (Phi) is 7.62. The van der Waals surface area contributed by atoms with Gasteiger partial charge in [-0.2, -0.15) is 8.78 Å². The fraction of sp³-hybridized carbons (Fsp3) is 0.250. The number of carbonyl (C=O) groups excluding carboxylic acids is 3. The van der Waals surface area contributed by atoms with Gasteiger partial charge in [-0.15, -0.1) is 0 Å². The number of anilines is 1. The monoisotopic (exact) mass is 391 g/mol. The molecule has 0 radical (unpaired) electrons. The third-order valence-corrected chi connectivity index (χ3v) is 3.60. The Labute approximate surface area is 160 Å². The first-order chi connectivity index (χ1) is 13.4. The van der Waals surface area contributed by atoms with Gasteiger partial charge in [0.05, 0.1) is 5.56 Å². The van der Waals surface area contributed by atoms with Gasteiger partial charge in [-0.1, -0.05) is 13.0 Å². The fourth-order valence-electron chi connectivity index (χ4n) is 2.29. The highest BCUT2D eigenvalue weighted by molar-refractivity contribution is 6.00. The Balaban J connectivity index is 1.91. The Morgan fingerprint density at radius 3 is 2.39 bits per heavy atom. The van der Waals surface area contributed by atoms with Crippen LogP contribution in [0, 0.1) is 0 Å². The van der Waals surface area contributed by atoms with Crippen molar-refractivity contribution in [2.45, 2.75) is 26.4 Å². The zero-order valence-corrected chi connectivity index (χ0v) is 15.1. The Morgan fingerprint density at radius 2 is 1.75 bits per heavy atom. The van der Waals surface area contributed by atoms with Crippen LogP contribution in [0.4, 0.5) is 14.5 Å². The van der Waals surface area contributed by atoms with Crippen LogP contribution in [-0.2, 0) is 9.53 Å². The fourth-order valence-corrected chi connectivity index (χ4v) is 2.29. The molecular formula is C20H19F2NO5. The molecule has 1 N–H and O–H groups in total. The summed E-state index contributed by atoms with van der Waals surface area (Å²) in [5.41, 5.74) is 0.846. The summed E-state index contributed by atoms with van der Waals surface area (Å²) in [5, 5.41) is 2.70. The molecule has 1 amide bonds. The summed E-state index contributed by atoms with van der Waals surface area (Å²) >= 11 is 0. The normalized spacial score (nSPS) is 10.4. The van der Waals surface area contributed by atoms with E-state index in [2.05, 4.69) is 10.1 Å². The number of amides is 1. The molecule has 0 bridgehead atoms. The van der Waals surface area contributed by atoms with Crippen molar-refractivity contribution in [1.29, 1.82) is 0 Å². The SMILES string of the molecule is CCCC(=O)Nc1ccc(C(=O)COC(=O)c2cccc(OC(F)F)c2)cc1. The molecule has 0 saturated heterocycles. The molecule has 0 unspecified atom stereocenters. The Hall–Kier alpha value is -3.29. The smallest absolute Gasteiger partial charge is 0.387 e. The number of carbonyl (C=O) groups is 3. The predicted octanol–water partition coefficient (Wildman–Crippen LogP) is 4.07. The number of ketones is 1. The van der Waals surface area contributed by atoms with E-state index in [-0.39, 0.29) is 17.2 Å². The van der Waals surface area contributed by atoms with Crippen LogP contribution in [0.2, 0.25) is 0 Å². The number of halogens is 2. The van der Waals surface area contributed by atoms with E-state index < -0.39 is 25.0 Å². The highest BCUT2D eigenvalue weighted by Crippen LogP contribution is 2.17. The van der Waals surface area contributed by atoms with Gasteiger partial charge in [0.25, 0.3) is 0 Å². The predicted molar refractivity (Wildman–Crippen MR) is 97.7 cm³/mol. The van der Waals surface area contributed by atoms with Crippen LogP contribution in [-0.4, -0.2) is 30.9 Å². The second kappa shape index (κ2) is 10.1. The number of alkyl halides is 2. The number of ether oxygens (including phenoxy) is 2. The minimum Gasteiger partial charge on any atom is -0.454 e. The van der Waals surface area contributed by atoms with Crippen LogP contribution in [0.15, 0.2) is 48.5 Å².